The summed E-state index contributed by atoms with van der Waals surface area (Å²) in [6.45, 7) is 1.83. The van der Waals surface area contributed by atoms with Gasteiger partial charge in [-0.05, 0) is 42.8 Å². The first-order valence-corrected chi connectivity index (χ1v) is 6.48. The van der Waals surface area contributed by atoms with Gasteiger partial charge in [0.2, 0.25) is 0 Å². The number of rotatable bonds is 4. The van der Waals surface area contributed by atoms with Gasteiger partial charge in [-0.3, -0.25) is 4.79 Å². The number of halogens is 1. The second-order valence-corrected chi connectivity index (χ2v) is 4.58. The van der Waals surface area contributed by atoms with Crippen LogP contribution in [0.15, 0.2) is 36.4 Å². The Hall–Kier alpha value is -2.56. The number of carbonyl (C=O) groups excluding carboxylic acids is 1. The van der Waals surface area contributed by atoms with Crippen LogP contribution in [0.3, 0.4) is 0 Å². The minimum atomic E-state index is -0.506. The molecule has 0 aromatic heterocycles. The van der Waals surface area contributed by atoms with Crippen molar-refractivity contribution in [2.75, 3.05) is 24.8 Å². The summed E-state index contributed by atoms with van der Waals surface area (Å²) in [5, 5.41) is 5.56. The molecule has 0 unspecified atom stereocenters. The van der Waals surface area contributed by atoms with Crippen LogP contribution in [0.25, 0.3) is 0 Å². The molecule has 0 radical (unpaired) electrons. The number of anilines is 2. The topological polar surface area (TPSA) is 50.4 Å². The van der Waals surface area contributed by atoms with Crippen LogP contribution in [-0.2, 0) is 0 Å². The maximum Gasteiger partial charge on any atom is 0.256 e. The predicted octanol–water partition coefficient (Wildman–Crippen LogP) is 3.44. The van der Waals surface area contributed by atoms with Gasteiger partial charge in [0.1, 0.15) is 11.6 Å². The lowest BCUT2D eigenvalue weighted by Gasteiger charge is -2.11. The number of carbonyl (C=O) groups is 1. The van der Waals surface area contributed by atoms with Gasteiger partial charge in [0.25, 0.3) is 5.91 Å². The highest BCUT2D eigenvalue weighted by Gasteiger charge is 2.12. The van der Waals surface area contributed by atoms with Crippen molar-refractivity contribution in [1.82, 2.24) is 0 Å². The molecule has 2 N–H and O–H groups in total. The third kappa shape index (κ3) is 3.31. The number of aryl methyl sites for hydroxylation is 1. The van der Waals surface area contributed by atoms with E-state index in [1.54, 1.807) is 19.2 Å². The molecule has 2 rings (SSSR count). The Bertz CT molecular complexity index is 671. The van der Waals surface area contributed by atoms with E-state index in [1.807, 2.05) is 13.0 Å². The number of nitrogens with one attached hydrogen (secondary N) is 2. The molecular weight excluding hydrogens is 271 g/mol. The second-order valence-electron chi connectivity index (χ2n) is 4.58. The van der Waals surface area contributed by atoms with E-state index in [0.717, 1.165) is 11.3 Å². The molecule has 5 heteroatoms. The summed E-state index contributed by atoms with van der Waals surface area (Å²) in [6, 6.07) is 9.56. The zero-order chi connectivity index (χ0) is 15.4. The SMILES string of the molecule is CNc1ccc(C(=O)Nc2cc(OC)ccc2F)c(C)c1. The van der Waals surface area contributed by atoms with Crippen molar-refractivity contribution in [2.45, 2.75) is 6.92 Å². The van der Waals surface area contributed by atoms with Gasteiger partial charge in [0.05, 0.1) is 12.8 Å². The maximum absolute atomic E-state index is 13.7. The number of hydrogen-bond donors (Lipinski definition) is 2. The van der Waals surface area contributed by atoms with Crippen LogP contribution in [-0.4, -0.2) is 20.1 Å². The molecule has 0 heterocycles. The summed E-state index contributed by atoms with van der Waals surface area (Å²) in [5.74, 6) is -0.384. The van der Waals surface area contributed by atoms with Gasteiger partial charge in [0, 0.05) is 24.4 Å². The quantitative estimate of drug-likeness (QED) is 0.906. The van der Waals surface area contributed by atoms with E-state index in [-0.39, 0.29) is 11.6 Å². The van der Waals surface area contributed by atoms with Crippen molar-refractivity contribution in [2.24, 2.45) is 0 Å². The maximum atomic E-state index is 13.7. The summed E-state index contributed by atoms with van der Waals surface area (Å²) < 4.78 is 18.7. The number of hydrogen-bond acceptors (Lipinski definition) is 3. The van der Waals surface area contributed by atoms with Gasteiger partial charge < -0.3 is 15.4 Å². The highest BCUT2D eigenvalue weighted by molar-refractivity contribution is 6.05. The van der Waals surface area contributed by atoms with Crippen molar-refractivity contribution in [1.29, 1.82) is 0 Å². The van der Waals surface area contributed by atoms with Crippen LogP contribution in [0.4, 0.5) is 15.8 Å². The van der Waals surface area contributed by atoms with E-state index < -0.39 is 5.82 Å². The van der Waals surface area contributed by atoms with Gasteiger partial charge in [-0.2, -0.15) is 0 Å². The molecule has 0 atom stereocenters. The van der Waals surface area contributed by atoms with E-state index in [9.17, 15) is 9.18 Å². The summed E-state index contributed by atoms with van der Waals surface area (Å²) in [4.78, 5) is 12.2. The molecule has 0 fully saturated rings. The van der Waals surface area contributed by atoms with Crippen LogP contribution in [0.1, 0.15) is 15.9 Å². The third-order valence-electron chi connectivity index (χ3n) is 3.18. The van der Waals surface area contributed by atoms with Gasteiger partial charge in [-0.1, -0.05) is 0 Å². The third-order valence-corrected chi connectivity index (χ3v) is 3.18. The van der Waals surface area contributed by atoms with Crippen molar-refractivity contribution in [3.63, 3.8) is 0 Å². The molecular formula is C16H17FN2O2. The standard InChI is InChI=1S/C16H17FN2O2/c1-10-8-11(18-2)4-6-13(10)16(20)19-15-9-12(21-3)5-7-14(15)17/h4-9,18H,1-3H3,(H,19,20). The van der Waals surface area contributed by atoms with Crippen LogP contribution in [0.2, 0.25) is 0 Å². The molecule has 0 aliphatic heterocycles. The highest BCUT2D eigenvalue weighted by Crippen LogP contribution is 2.22. The molecule has 0 saturated heterocycles. The molecule has 21 heavy (non-hydrogen) atoms. The molecule has 0 saturated carbocycles. The fourth-order valence-corrected chi connectivity index (χ4v) is 1.99. The summed E-state index contributed by atoms with van der Waals surface area (Å²) in [5.41, 5.74) is 2.31. The Morgan fingerprint density at radius 3 is 2.57 bits per heavy atom. The van der Waals surface area contributed by atoms with Crippen molar-refractivity contribution < 1.29 is 13.9 Å². The summed E-state index contributed by atoms with van der Waals surface area (Å²) in [7, 11) is 3.29. The lowest BCUT2D eigenvalue weighted by atomic mass is 10.1. The Kier molecular flexibility index (Phi) is 4.42. The smallest absolute Gasteiger partial charge is 0.256 e. The van der Waals surface area contributed by atoms with Gasteiger partial charge in [-0.15, -0.1) is 0 Å². The molecule has 4 nitrogen and oxygen atoms in total. The van der Waals surface area contributed by atoms with E-state index in [4.69, 9.17) is 4.74 Å². The highest BCUT2D eigenvalue weighted by atomic mass is 19.1. The minimum Gasteiger partial charge on any atom is -0.497 e. The van der Waals surface area contributed by atoms with Crippen LogP contribution < -0.4 is 15.4 Å². The minimum absolute atomic E-state index is 0.0939. The lowest BCUT2D eigenvalue weighted by molar-refractivity contribution is 0.102. The van der Waals surface area contributed by atoms with Crippen LogP contribution >= 0.6 is 0 Å². The van der Waals surface area contributed by atoms with Crippen molar-refractivity contribution in [3.05, 3.63) is 53.3 Å². The Labute approximate surface area is 122 Å². The van der Waals surface area contributed by atoms with Gasteiger partial charge >= 0.3 is 0 Å². The van der Waals surface area contributed by atoms with E-state index >= 15 is 0 Å². The predicted molar refractivity (Wildman–Crippen MR) is 81.6 cm³/mol. The first-order chi connectivity index (χ1) is 10.0. The van der Waals surface area contributed by atoms with E-state index in [2.05, 4.69) is 10.6 Å². The molecule has 0 bridgehead atoms. The van der Waals surface area contributed by atoms with Crippen molar-refractivity contribution in [3.8, 4) is 5.75 Å². The molecule has 2 aromatic rings. The second kappa shape index (κ2) is 6.26. The summed E-state index contributed by atoms with van der Waals surface area (Å²) in [6.07, 6.45) is 0. The first kappa shape index (κ1) is 14.8. The molecule has 2 aromatic carbocycles. The number of amides is 1. The zero-order valence-corrected chi connectivity index (χ0v) is 12.2. The Balaban J connectivity index is 2.26. The largest absolute Gasteiger partial charge is 0.497 e. The fraction of sp³-hybridized carbons (Fsp3) is 0.188. The number of benzene rings is 2. The Morgan fingerprint density at radius 1 is 1.19 bits per heavy atom. The average Bonchev–Trinajstić information content (AvgIpc) is 2.49. The lowest BCUT2D eigenvalue weighted by Crippen LogP contribution is -2.14. The Morgan fingerprint density at radius 2 is 1.95 bits per heavy atom. The summed E-state index contributed by atoms with van der Waals surface area (Å²) >= 11 is 0. The molecule has 0 spiro atoms. The molecule has 110 valence electrons. The van der Waals surface area contributed by atoms with Gasteiger partial charge in [0.15, 0.2) is 0 Å². The van der Waals surface area contributed by atoms with Crippen molar-refractivity contribution >= 4 is 17.3 Å². The number of ether oxygens (including phenoxy) is 1. The molecule has 1 amide bonds. The van der Waals surface area contributed by atoms with Crippen LogP contribution in [0, 0.1) is 12.7 Å². The monoisotopic (exact) mass is 288 g/mol. The van der Waals surface area contributed by atoms with E-state index in [1.165, 1.54) is 25.3 Å². The molecule has 0 aliphatic rings. The van der Waals surface area contributed by atoms with E-state index in [0.29, 0.717) is 11.3 Å². The fourth-order valence-electron chi connectivity index (χ4n) is 1.99. The van der Waals surface area contributed by atoms with Crippen LogP contribution in [0.5, 0.6) is 5.75 Å². The average molecular weight is 288 g/mol. The number of methoxy groups -OCH3 is 1. The zero-order valence-electron chi connectivity index (χ0n) is 12.2. The molecule has 0 aliphatic carbocycles. The van der Waals surface area contributed by atoms with Gasteiger partial charge in [-0.25, -0.2) is 4.39 Å². The normalized spacial score (nSPS) is 10.1. The first-order valence-electron chi connectivity index (χ1n) is 6.48.